The van der Waals surface area contributed by atoms with Gasteiger partial charge in [0.1, 0.15) is 11.6 Å². The molecule has 0 radical (unpaired) electrons. The van der Waals surface area contributed by atoms with Gasteiger partial charge >= 0.3 is 0 Å². The van der Waals surface area contributed by atoms with Crippen LogP contribution in [0.25, 0.3) is 0 Å². The molecule has 0 spiro atoms. The first-order valence-corrected chi connectivity index (χ1v) is 7.55. The molecule has 4 nitrogen and oxygen atoms in total. The first-order chi connectivity index (χ1) is 11.6. The second kappa shape index (κ2) is 7.10. The van der Waals surface area contributed by atoms with Crippen molar-refractivity contribution in [3.05, 3.63) is 83.3 Å². The van der Waals surface area contributed by atoms with Crippen molar-refractivity contribution in [3.63, 3.8) is 0 Å². The number of hydrogen-bond acceptors (Lipinski definition) is 3. The maximum Gasteiger partial charge on any atom is 0.260 e. The fourth-order valence-corrected chi connectivity index (χ4v) is 2.37. The smallest absolute Gasteiger partial charge is 0.260 e. The number of carbonyl (C=O) groups excluding carboxylic acids is 1. The molecule has 1 amide bonds. The Morgan fingerprint density at radius 2 is 1.75 bits per heavy atom. The summed E-state index contributed by atoms with van der Waals surface area (Å²) >= 11 is 5.88. The number of halogens is 2. The number of nitrogens with one attached hydrogen (secondary N) is 2. The molecule has 0 unspecified atom stereocenters. The van der Waals surface area contributed by atoms with Gasteiger partial charge in [-0.1, -0.05) is 35.9 Å². The quantitative estimate of drug-likeness (QED) is 0.711. The van der Waals surface area contributed by atoms with E-state index in [2.05, 4.69) is 15.6 Å². The summed E-state index contributed by atoms with van der Waals surface area (Å²) < 4.78 is 13.7. The van der Waals surface area contributed by atoms with E-state index in [1.165, 1.54) is 24.4 Å². The topological polar surface area (TPSA) is 54.0 Å². The molecule has 0 fully saturated rings. The highest BCUT2D eigenvalue weighted by atomic mass is 35.5. The zero-order chi connectivity index (χ0) is 16.9. The number of pyridine rings is 1. The molecular formula is C18H13ClFN3O. The van der Waals surface area contributed by atoms with Crippen LogP contribution in [0.1, 0.15) is 10.4 Å². The van der Waals surface area contributed by atoms with Crippen molar-refractivity contribution in [3.8, 4) is 0 Å². The Kier molecular flexibility index (Phi) is 4.72. The summed E-state index contributed by atoms with van der Waals surface area (Å²) in [5, 5.41) is 5.76. The van der Waals surface area contributed by atoms with E-state index in [-0.39, 0.29) is 10.6 Å². The maximum absolute atomic E-state index is 13.7. The van der Waals surface area contributed by atoms with Crippen LogP contribution in [0.15, 0.2) is 66.9 Å². The van der Waals surface area contributed by atoms with Crippen molar-refractivity contribution in [2.75, 3.05) is 10.6 Å². The molecule has 0 saturated heterocycles. The van der Waals surface area contributed by atoms with Crippen molar-refractivity contribution in [2.45, 2.75) is 0 Å². The van der Waals surface area contributed by atoms with Gasteiger partial charge in [-0.25, -0.2) is 9.37 Å². The van der Waals surface area contributed by atoms with Gasteiger partial charge in [0.2, 0.25) is 0 Å². The highest BCUT2D eigenvalue weighted by Gasteiger charge is 2.15. The van der Waals surface area contributed by atoms with E-state index in [0.717, 1.165) is 5.69 Å². The molecular weight excluding hydrogens is 329 g/mol. The lowest BCUT2D eigenvalue weighted by Crippen LogP contribution is -2.14. The molecule has 0 bridgehead atoms. The van der Waals surface area contributed by atoms with Crippen molar-refractivity contribution in [2.24, 2.45) is 0 Å². The Morgan fingerprint density at radius 1 is 0.958 bits per heavy atom. The predicted octanol–water partition coefficient (Wildman–Crippen LogP) is 4.87. The largest absolute Gasteiger partial charge is 0.340 e. The monoisotopic (exact) mass is 341 g/mol. The third-order valence-electron chi connectivity index (χ3n) is 3.26. The summed E-state index contributed by atoms with van der Waals surface area (Å²) in [6.07, 6.45) is 1.48. The molecule has 24 heavy (non-hydrogen) atoms. The van der Waals surface area contributed by atoms with Crippen LogP contribution in [0.5, 0.6) is 0 Å². The van der Waals surface area contributed by atoms with Gasteiger partial charge in [0.25, 0.3) is 5.91 Å². The van der Waals surface area contributed by atoms with Crippen LogP contribution in [0.2, 0.25) is 5.02 Å². The van der Waals surface area contributed by atoms with Crippen molar-refractivity contribution >= 4 is 34.7 Å². The lowest BCUT2D eigenvalue weighted by molar-refractivity contribution is 0.102. The Hall–Kier alpha value is -2.92. The average Bonchev–Trinajstić information content (AvgIpc) is 2.57. The third-order valence-corrected chi connectivity index (χ3v) is 3.57. The van der Waals surface area contributed by atoms with Crippen LogP contribution in [-0.4, -0.2) is 10.9 Å². The molecule has 120 valence electrons. The lowest BCUT2D eigenvalue weighted by atomic mass is 10.2. The van der Waals surface area contributed by atoms with Gasteiger partial charge in [-0.3, -0.25) is 4.79 Å². The number of hydrogen-bond donors (Lipinski definition) is 2. The number of aromatic nitrogens is 1. The number of para-hydroxylation sites is 1. The average molecular weight is 342 g/mol. The first-order valence-electron chi connectivity index (χ1n) is 7.17. The van der Waals surface area contributed by atoms with Crippen LogP contribution in [0.3, 0.4) is 0 Å². The van der Waals surface area contributed by atoms with Crippen LogP contribution < -0.4 is 10.6 Å². The minimum atomic E-state index is -0.671. The number of rotatable bonds is 4. The summed E-state index contributed by atoms with van der Waals surface area (Å²) in [5.41, 5.74) is 1.16. The predicted molar refractivity (Wildman–Crippen MR) is 93.3 cm³/mol. The molecule has 6 heteroatoms. The van der Waals surface area contributed by atoms with Gasteiger partial charge in [0.05, 0.1) is 22.5 Å². The standard InChI is InChI=1S/C18H13ClFN3O/c19-14-7-4-8-15(20)17(14)18(24)23-13-9-10-16(21-11-13)22-12-5-2-1-3-6-12/h1-11H,(H,21,22)(H,23,24). The summed E-state index contributed by atoms with van der Waals surface area (Å²) in [5.74, 6) is -0.665. The SMILES string of the molecule is O=C(Nc1ccc(Nc2ccccc2)nc1)c1c(F)cccc1Cl. The fraction of sp³-hybridized carbons (Fsp3) is 0. The van der Waals surface area contributed by atoms with Crippen LogP contribution in [0.4, 0.5) is 21.6 Å². The summed E-state index contributed by atoms with van der Waals surface area (Å²) in [6, 6.07) is 17.1. The Labute approximate surface area is 143 Å². The molecule has 2 aromatic carbocycles. The lowest BCUT2D eigenvalue weighted by Gasteiger charge is -2.09. The first kappa shape index (κ1) is 16.0. The van der Waals surface area contributed by atoms with Crippen molar-refractivity contribution < 1.29 is 9.18 Å². The van der Waals surface area contributed by atoms with E-state index in [1.54, 1.807) is 12.1 Å². The number of benzene rings is 2. The van der Waals surface area contributed by atoms with E-state index in [9.17, 15) is 9.18 Å². The van der Waals surface area contributed by atoms with Gasteiger partial charge in [-0.2, -0.15) is 0 Å². The zero-order valence-electron chi connectivity index (χ0n) is 12.5. The maximum atomic E-state index is 13.7. The van der Waals surface area contributed by atoms with Crippen molar-refractivity contribution in [1.29, 1.82) is 0 Å². The molecule has 3 rings (SSSR count). The number of carbonyl (C=O) groups is 1. The second-order valence-corrected chi connectivity index (χ2v) is 5.38. The van der Waals surface area contributed by atoms with E-state index >= 15 is 0 Å². The van der Waals surface area contributed by atoms with Crippen LogP contribution in [-0.2, 0) is 0 Å². The van der Waals surface area contributed by atoms with Crippen LogP contribution in [0, 0.1) is 5.82 Å². The minimum Gasteiger partial charge on any atom is -0.340 e. The molecule has 3 aromatic rings. The summed E-state index contributed by atoms with van der Waals surface area (Å²) in [7, 11) is 0. The summed E-state index contributed by atoms with van der Waals surface area (Å²) in [6.45, 7) is 0. The van der Waals surface area contributed by atoms with Gasteiger partial charge in [0.15, 0.2) is 0 Å². The molecule has 0 saturated carbocycles. The van der Waals surface area contributed by atoms with Gasteiger partial charge < -0.3 is 10.6 Å². The van der Waals surface area contributed by atoms with E-state index < -0.39 is 11.7 Å². The van der Waals surface area contributed by atoms with Gasteiger partial charge in [-0.05, 0) is 36.4 Å². The molecule has 0 aliphatic carbocycles. The van der Waals surface area contributed by atoms with Crippen LogP contribution >= 0.6 is 11.6 Å². The molecule has 0 aliphatic rings. The zero-order valence-corrected chi connectivity index (χ0v) is 13.2. The third kappa shape index (κ3) is 3.70. The normalized spacial score (nSPS) is 10.2. The fourth-order valence-electron chi connectivity index (χ4n) is 2.12. The Bertz CT molecular complexity index is 834. The number of amides is 1. The highest BCUT2D eigenvalue weighted by Crippen LogP contribution is 2.21. The van der Waals surface area contributed by atoms with E-state index in [0.29, 0.717) is 11.5 Å². The Balaban J connectivity index is 1.71. The van der Waals surface area contributed by atoms with E-state index in [4.69, 9.17) is 11.6 Å². The number of anilines is 3. The second-order valence-electron chi connectivity index (χ2n) is 4.97. The molecule has 2 N–H and O–H groups in total. The number of nitrogens with zero attached hydrogens (tertiary/aromatic N) is 1. The molecule has 0 aliphatic heterocycles. The molecule has 1 aromatic heterocycles. The highest BCUT2D eigenvalue weighted by molar-refractivity contribution is 6.34. The van der Waals surface area contributed by atoms with Gasteiger partial charge in [0, 0.05) is 5.69 Å². The van der Waals surface area contributed by atoms with Crippen molar-refractivity contribution in [1.82, 2.24) is 4.98 Å². The van der Waals surface area contributed by atoms with Gasteiger partial charge in [-0.15, -0.1) is 0 Å². The summed E-state index contributed by atoms with van der Waals surface area (Å²) in [4.78, 5) is 16.4. The molecule has 0 atom stereocenters. The molecule has 1 heterocycles. The Morgan fingerprint density at radius 3 is 2.42 bits per heavy atom. The van der Waals surface area contributed by atoms with E-state index in [1.807, 2.05) is 30.3 Å². The minimum absolute atomic E-state index is 0.0582.